The van der Waals surface area contributed by atoms with E-state index in [4.69, 9.17) is 0 Å². The summed E-state index contributed by atoms with van der Waals surface area (Å²) in [6.07, 6.45) is 8.93. The first-order valence-corrected chi connectivity index (χ1v) is 13.2. The second kappa shape index (κ2) is 7.30. The average Bonchev–Trinajstić information content (AvgIpc) is 3.10. The third kappa shape index (κ3) is 3.97. The number of hydrogen-bond acceptors (Lipinski definition) is 6. The van der Waals surface area contributed by atoms with E-state index in [1.54, 1.807) is 24.3 Å². The Bertz CT molecular complexity index is 1040. The van der Waals surface area contributed by atoms with E-state index in [1.165, 1.54) is 49.9 Å². The van der Waals surface area contributed by atoms with Crippen LogP contribution in [-0.4, -0.2) is 30.8 Å². The summed E-state index contributed by atoms with van der Waals surface area (Å²) in [5, 5.41) is 13.2. The Balaban J connectivity index is 1.28. The summed E-state index contributed by atoms with van der Waals surface area (Å²) in [6, 6.07) is 6.91. The van der Waals surface area contributed by atoms with Crippen molar-refractivity contribution in [2.24, 2.45) is 17.8 Å². The fourth-order valence-corrected chi connectivity index (χ4v) is 7.75. The smallest absolute Gasteiger partial charge is 0.230 e. The molecule has 9 heteroatoms. The van der Waals surface area contributed by atoms with Gasteiger partial charge in [0, 0.05) is 5.41 Å². The van der Waals surface area contributed by atoms with Crippen LogP contribution in [0.25, 0.3) is 0 Å². The van der Waals surface area contributed by atoms with Crippen LogP contribution in [-0.2, 0) is 26.7 Å². The van der Waals surface area contributed by atoms with Crippen LogP contribution in [0.15, 0.2) is 24.3 Å². The number of carbonyl (C=O) groups excluding carboxylic acids is 1. The van der Waals surface area contributed by atoms with Crippen LogP contribution < -0.4 is 10.0 Å². The van der Waals surface area contributed by atoms with Crippen molar-refractivity contribution in [3.63, 3.8) is 0 Å². The zero-order valence-electron chi connectivity index (χ0n) is 16.9. The number of amides is 1. The first-order chi connectivity index (χ1) is 14.3. The van der Waals surface area contributed by atoms with Crippen molar-refractivity contribution in [3.05, 3.63) is 34.8 Å². The summed E-state index contributed by atoms with van der Waals surface area (Å²) < 4.78 is 25.6. The molecule has 4 bridgehead atoms. The number of hydrogen-bond donors (Lipinski definition) is 2. The molecule has 1 amide bonds. The summed E-state index contributed by atoms with van der Waals surface area (Å²) >= 11 is 1.51. The van der Waals surface area contributed by atoms with E-state index in [-0.39, 0.29) is 17.7 Å². The second-order valence-corrected chi connectivity index (χ2v) is 12.1. The molecule has 1 heterocycles. The van der Waals surface area contributed by atoms with Gasteiger partial charge in [0.15, 0.2) is 0 Å². The van der Waals surface area contributed by atoms with Gasteiger partial charge in [0.1, 0.15) is 5.01 Å². The topological polar surface area (TPSA) is 101 Å². The molecule has 0 aliphatic heterocycles. The van der Waals surface area contributed by atoms with Gasteiger partial charge in [0.05, 0.1) is 18.4 Å². The van der Waals surface area contributed by atoms with E-state index >= 15 is 0 Å². The summed E-state index contributed by atoms with van der Waals surface area (Å²) in [4.78, 5) is 12.6. The van der Waals surface area contributed by atoms with Gasteiger partial charge in [0.25, 0.3) is 0 Å². The molecular formula is C21H26N4O3S2. The molecule has 1 aromatic heterocycles. The van der Waals surface area contributed by atoms with Gasteiger partial charge in [-0.3, -0.25) is 9.52 Å². The Morgan fingerprint density at radius 1 is 1.10 bits per heavy atom. The van der Waals surface area contributed by atoms with Gasteiger partial charge < -0.3 is 5.32 Å². The van der Waals surface area contributed by atoms with E-state index < -0.39 is 10.0 Å². The van der Waals surface area contributed by atoms with E-state index in [0.29, 0.717) is 16.4 Å². The molecule has 0 spiro atoms. The molecule has 0 radical (unpaired) electrons. The Morgan fingerprint density at radius 3 is 2.37 bits per heavy atom. The molecule has 6 rings (SSSR count). The molecule has 30 heavy (non-hydrogen) atoms. The van der Waals surface area contributed by atoms with Gasteiger partial charge in [0.2, 0.25) is 21.1 Å². The summed E-state index contributed by atoms with van der Waals surface area (Å²) in [5.41, 5.74) is 1.20. The highest BCUT2D eigenvalue weighted by Crippen LogP contribution is 2.61. The highest BCUT2D eigenvalue weighted by molar-refractivity contribution is 7.92. The zero-order chi connectivity index (χ0) is 20.9. The van der Waals surface area contributed by atoms with Crippen LogP contribution in [0.3, 0.4) is 0 Å². The Kier molecular flexibility index (Phi) is 4.85. The number of nitrogens with zero attached hydrogens (tertiary/aromatic N) is 2. The fraction of sp³-hybridized carbons (Fsp3) is 0.571. The minimum absolute atomic E-state index is 0.0605. The normalized spacial score (nSPS) is 29.7. The highest BCUT2D eigenvalue weighted by atomic mass is 32.2. The molecule has 4 saturated carbocycles. The Labute approximate surface area is 180 Å². The summed E-state index contributed by atoms with van der Waals surface area (Å²) in [5.74, 6) is 2.26. The standard InChI is InChI=1S/C21H26N4O3S2/c1-30(27,28)25-17-5-3-2-4-16(17)9-18(26)22-20-24-23-19(29-20)21-10-13-6-14(11-21)8-15(7-13)12-21/h2-5,13-15,25H,6-12H2,1H3,(H,22,24,26). The zero-order valence-corrected chi connectivity index (χ0v) is 18.6. The number of sulfonamides is 1. The van der Waals surface area contributed by atoms with Gasteiger partial charge in [-0.1, -0.05) is 29.5 Å². The molecule has 160 valence electrons. The highest BCUT2D eigenvalue weighted by Gasteiger charge is 2.53. The van der Waals surface area contributed by atoms with Crippen molar-refractivity contribution >= 4 is 38.1 Å². The number of para-hydroxylation sites is 1. The van der Waals surface area contributed by atoms with E-state index in [1.807, 2.05) is 0 Å². The van der Waals surface area contributed by atoms with Crippen LogP contribution in [0, 0.1) is 17.8 Å². The number of nitrogens with one attached hydrogen (secondary N) is 2. The minimum Gasteiger partial charge on any atom is -0.300 e. The first-order valence-electron chi connectivity index (χ1n) is 10.5. The monoisotopic (exact) mass is 446 g/mol. The molecule has 2 N–H and O–H groups in total. The SMILES string of the molecule is CS(=O)(=O)Nc1ccccc1CC(=O)Nc1nnc(C23CC4CC(CC(C4)C2)C3)s1. The van der Waals surface area contributed by atoms with Crippen LogP contribution in [0.2, 0.25) is 0 Å². The molecule has 4 aliphatic carbocycles. The third-order valence-electron chi connectivity index (χ3n) is 6.83. The number of anilines is 2. The van der Waals surface area contributed by atoms with Gasteiger partial charge in [-0.2, -0.15) is 0 Å². The number of rotatable bonds is 6. The predicted molar refractivity (Wildman–Crippen MR) is 117 cm³/mol. The Hall–Kier alpha value is -2.00. The molecular weight excluding hydrogens is 420 g/mol. The predicted octanol–water partition coefficient (Wildman–Crippen LogP) is 3.56. The van der Waals surface area contributed by atoms with Crippen LogP contribution in [0.1, 0.15) is 49.1 Å². The molecule has 0 saturated heterocycles. The largest absolute Gasteiger partial charge is 0.300 e. The van der Waals surface area contributed by atoms with Crippen molar-refractivity contribution in [3.8, 4) is 0 Å². The maximum absolute atomic E-state index is 12.6. The van der Waals surface area contributed by atoms with Gasteiger partial charge in [-0.25, -0.2) is 8.42 Å². The van der Waals surface area contributed by atoms with E-state index in [9.17, 15) is 13.2 Å². The van der Waals surface area contributed by atoms with Crippen molar-refractivity contribution in [2.75, 3.05) is 16.3 Å². The van der Waals surface area contributed by atoms with Crippen LogP contribution in [0.4, 0.5) is 10.8 Å². The van der Waals surface area contributed by atoms with Gasteiger partial charge >= 0.3 is 0 Å². The lowest BCUT2D eigenvalue weighted by Crippen LogP contribution is -2.48. The lowest BCUT2D eigenvalue weighted by Gasteiger charge is -2.55. The fourth-order valence-electron chi connectivity index (χ4n) is 6.17. The molecule has 4 aliphatic rings. The number of aromatic nitrogens is 2. The maximum Gasteiger partial charge on any atom is 0.230 e. The maximum atomic E-state index is 12.6. The minimum atomic E-state index is -3.42. The number of benzene rings is 1. The average molecular weight is 447 g/mol. The summed E-state index contributed by atoms with van der Waals surface area (Å²) in [7, 11) is -3.42. The molecule has 7 nitrogen and oxygen atoms in total. The van der Waals surface area contributed by atoms with Gasteiger partial charge in [-0.05, 0) is 67.9 Å². The van der Waals surface area contributed by atoms with Crippen LogP contribution >= 0.6 is 11.3 Å². The van der Waals surface area contributed by atoms with Crippen molar-refractivity contribution < 1.29 is 13.2 Å². The van der Waals surface area contributed by atoms with Crippen LogP contribution in [0.5, 0.6) is 0 Å². The quantitative estimate of drug-likeness (QED) is 0.707. The van der Waals surface area contributed by atoms with Gasteiger partial charge in [-0.15, -0.1) is 10.2 Å². The number of carbonyl (C=O) groups is 1. The lowest BCUT2D eigenvalue weighted by molar-refractivity contribution is -0.115. The first kappa shape index (κ1) is 19.9. The third-order valence-corrected chi connectivity index (χ3v) is 8.50. The molecule has 4 fully saturated rings. The van der Waals surface area contributed by atoms with Crippen molar-refractivity contribution in [2.45, 2.75) is 50.4 Å². The van der Waals surface area contributed by atoms with Crippen molar-refractivity contribution in [1.29, 1.82) is 0 Å². The molecule has 0 atom stereocenters. The Morgan fingerprint density at radius 2 is 1.73 bits per heavy atom. The molecule has 0 unspecified atom stereocenters. The van der Waals surface area contributed by atoms with E-state index in [0.717, 1.165) is 29.0 Å². The van der Waals surface area contributed by atoms with Crippen molar-refractivity contribution in [1.82, 2.24) is 10.2 Å². The molecule has 2 aromatic rings. The van der Waals surface area contributed by atoms with E-state index in [2.05, 4.69) is 20.2 Å². The molecule has 1 aromatic carbocycles. The summed E-state index contributed by atoms with van der Waals surface area (Å²) in [6.45, 7) is 0. The lowest BCUT2D eigenvalue weighted by atomic mass is 9.50. The second-order valence-electron chi connectivity index (χ2n) is 9.37.